The molecule has 0 aliphatic heterocycles. The number of hydrogen-bond acceptors (Lipinski definition) is 5. The van der Waals surface area contributed by atoms with Crippen molar-refractivity contribution in [2.24, 2.45) is 0 Å². The van der Waals surface area contributed by atoms with Crippen molar-refractivity contribution in [2.45, 2.75) is 24.5 Å². The average molecular weight is 360 g/mol. The number of nitrogens with two attached hydrogens (primary N) is 1. The maximum Gasteiger partial charge on any atom is 0.146 e. The minimum atomic E-state index is -0.939. The molecule has 0 bridgehead atoms. The molecule has 1 aliphatic carbocycles. The van der Waals surface area contributed by atoms with Crippen LogP contribution in [0.15, 0.2) is 12.5 Å². The van der Waals surface area contributed by atoms with E-state index in [0.29, 0.717) is 18.7 Å². The summed E-state index contributed by atoms with van der Waals surface area (Å²) in [4.78, 5) is 8.25. The zero-order valence-corrected chi connectivity index (χ0v) is 11.7. The second-order valence-corrected chi connectivity index (χ2v) is 5.95. The van der Waals surface area contributed by atoms with Crippen LogP contribution in [0.25, 0.3) is 11.0 Å². The standard InChI is InChI=1S/C11H13IN4O2/c12-7-3-16(6-1-11(18,2-6)4-17)10-8(7)9(13)14-5-15-10/h3,5-6,17-18H,1-2,4H2,(H2,13,14,15)/t6-,11+. The van der Waals surface area contributed by atoms with Crippen molar-refractivity contribution < 1.29 is 10.2 Å². The molecule has 18 heavy (non-hydrogen) atoms. The van der Waals surface area contributed by atoms with Gasteiger partial charge in [0, 0.05) is 15.8 Å². The molecule has 0 aromatic carbocycles. The number of aliphatic hydroxyl groups excluding tert-OH is 1. The number of halogens is 1. The molecule has 1 fully saturated rings. The van der Waals surface area contributed by atoms with Gasteiger partial charge in [-0.2, -0.15) is 0 Å². The molecule has 96 valence electrons. The Balaban J connectivity index is 2.02. The van der Waals surface area contributed by atoms with E-state index in [1.807, 2.05) is 10.8 Å². The third-order valence-corrected chi connectivity index (χ3v) is 4.33. The van der Waals surface area contributed by atoms with Crippen molar-refractivity contribution in [3.8, 4) is 0 Å². The van der Waals surface area contributed by atoms with E-state index < -0.39 is 5.60 Å². The van der Waals surface area contributed by atoms with E-state index in [9.17, 15) is 5.11 Å². The van der Waals surface area contributed by atoms with Gasteiger partial charge in [-0.25, -0.2) is 9.97 Å². The largest absolute Gasteiger partial charge is 0.393 e. The second-order valence-electron chi connectivity index (χ2n) is 4.79. The fourth-order valence-electron chi connectivity index (χ4n) is 2.48. The van der Waals surface area contributed by atoms with Crippen LogP contribution in [0.5, 0.6) is 0 Å². The second kappa shape index (κ2) is 4.04. The summed E-state index contributed by atoms with van der Waals surface area (Å²) in [5.41, 5.74) is 5.70. The highest BCUT2D eigenvalue weighted by Gasteiger charge is 2.43. The molecule has 6 nitrogen and oxygen atoms in total. The molecular formula is C11H13IN4O2. The van der Waals surface area contributed by atoms with Crippen LogP contribution < -0.4 is 5.73 Å². The van der Waals surface area contributed by atoms with E-state index in [4.69, 9.17) is 10.8 Å². The fraction of sp³-hybridized carbons (Fsp3) is 0.455. The summed E-state index contributed by atoms with van der Waals surface area (Å²) in [5.74, 6) is 0.472. The van der Waals surface area contributed by atoms with E-state index in [-0.39, 0.29) is 12.6 Å². The van der Waals surface area contributed by atoms with E-state index in [2.05, 4.69) is 32.6 Å². The number of rotatable bonds is 2. The molecule has 0 amide bonds. The van der Waals surface area contributed by atoms with Crippen LogP contribution in [0.2, 0.25) is 0 Å². The maximum absolute atomic E-state index is 9.86. The normalized spacial score (nSPS) is 27.4. The Morgan fingerprint density at radius 2 is 2.22 bits per heavy atom. The van der Waals surface area contributed by atoms with Gasteiger partial charge in [-0.1, -0.05) is 0 Å². The summed E-state index contributed by atoms with van der Waals surface area (Å²) in [6.07, 6.45) is 4.49. The Kier molecular flexibility index (Phi) is 2.72. The van der Waals surface area contributed by atoms with Gasteiger partial charge in [-0.05, 0) is 35.4 Å². The first-order valence-corrected chi connectivity index (χ1v) is 6.72. The Morgan fingerprint density at radius 1 is 1.50 bits per heavy atom. The van der Waals surface area contributed by atoms with E-state index >= 15 is 0 Å². The quantitative estimate of drug-likeness (QED) is 0.685. The van der Waals surface area contributed by atoms with Gasteiger partial charge in [0.25, 0.3) is 0 Å². The van der Waals surface area contributed by atoms with Gasteiger partial charge in [-0.15, -0.1) is 0 Å². The lowest BCUT2D eigenvalue weighted by molar-refractivity contribution is -0.101. The number of hydrogen-bond donors (Lipinski definition) is 3. The van der Waals surface area contributed by atoms with Crippen molar-refractivity contribution in [1.82, 2.24) is 14.5 Å². The lowest BCUT2D eigenvalue weighted by atomic mass is 9.76. The zero-order valence-electron chi connectivity index (χ0n) is 9.54. The van der Waals surface area contributed by atoms with Crippen molar-refractivity contribution >= 4 is 39.4 Å². The molecule has 1 aliphatic rings. The van der Waals surface area contributed by atoms with Crippen molar-refractivity contribution in [1.29, 1.82) is 0 Å². The highest BCUT2D eigenvalue weighted by atomic mass is 127. The predicted octanol–water partition coefficient (Wildman–Crippen LogP) is 0.676. The summed E-state index contributed by atoms with van der Waals surface area (Å²) >= 11 is 2.20. The molecule has 2 heterocycles. The summed E-state index contributed by atoms with van der Waals surface area (Å²) in [6, 6.07) is 0.155. The van der Waals surface area contributed by atoms with E-state index in [1.54, 1.807) is 0 Å². The summed E-state index contributed by atoms with van der Waals surface area (Å²) in [5, 5.41) is 19.8. The molecule has 0 radical (unpaired) electrons. The third kappa shape index (κ3) is 1.69. The Hall–Kier alpha value is -0.930. The SMILES string of the molecule is Nc1ncnc2c1c(I)cn2[C@H]1C[C@](O)(CO)C1. The zero-order chi connectivity index (χ0) is 12.9. The highest BCUT2D eigenvalue weighted by molar-refractivity contribution is 14.1. The van der Waals surface area contributed by atoms with Crippen LogP contribution in [0.1, 0.15) is 18.9 Å². The lowest BCUT2D eigenvalue weighted by Gasteiger charge is -2.43. The molecule has 0 atom stereocenters. The number of anilines is 1. The number of nitrogens with zero attached hydrogens (tertiary/aromatic N) is 3. The molecule has 2 aromatic rings. The van der Waals surface area contributed by atoms with Crippen molar-refractivity contribution in [3.63, 3.8) is 0 Å². The van der Waals surface area contributed by atoms with Crippen LogP contribution in [0.3, 0.4) is 0 Å². The van der Waals surface area contributed by atoms with Crippen LogP contribution in [0, 0.1) is 3.57 Å². The predicted molar refractivity (Wildman–Crippen MR) is 75.0 cm³/mol. The van der Waals surface area contributed by atoms with Crippen LogP contribution in [0.4, 0.5) is 5.82 Å². The molecule has 2 aromatic heterocycles. The Morgan fingerprint density at radius 3 is 2.89 bits per heavy atom. The smallest absolute Gasteiger partial charge is 0.146 e. The van der Waals surface area contributed by atoms with Gasteiger partial charge in [-0.3, -0.25) is 0 Å². The van der Waals surface area contributed by atoms with E-state index in [0.717, 1.165) is 14.6 Å². The van der Waals surface area contributed by atoms with Crippen LogP contribution >= 0.6 is 22.6 Å². The fourth-order valence-corrected chi connectivity index (χ4v) is 3.30. The number of fused-ring (bicyclic) bond motifs is 1. The molecule has 1 saturated carbocycles. The van der Waals surface area contributed by atoms with Gasteiger partial charge in [0.1, 0.15) is 17.8 Å². The summed E-state index contributed by atoms with van der Waals surface area (Å²) in [6.45, 7) is -0.198. The molecule has 3 rings (SSSR count). The monoisotopic (exact) mass is 360 g/mol. The first-order chi connectivity index (χ1) is 8.54. The average Bonchev–Trinajstić information content (AvgIpc) is 2.64. The van der Waals surface area contributed by atoms with Crippen LogP contribution in [-0.2, 0) is 0 Å². The number of nitrogen functional groups attached to an aromatic ring is 1. The van der Waals surface area contributed by atoms with Gasteiger partial charge in [0.2, 0.25) is 0 Å². The maximum atomic E-state index is 9.86. The molecule has 0 saturated heterocycles. The lowest BCUT2D eigenvalue weighted by Crippen LogP contribution is -2.47. The summed E-state index contributed by atoms with van der Waals surface area (Å²) < 4.78 is 3.01. The third-order valence-electron chi connectivity index (χ3n) is 3.51. The first kappa shape index (κ1) is 12.1. The van der Waals surface area contributed by atoms with Gasteiger partial charge in [0.05, 0.1) is 17.6 Å². The Labute approximate surface area is 117 Å². The molecule has 0 unspecified atom stereocenters. The van der Waals surface area contributed by atoms with Crippen molar-refractivity contribution in [2.75, 3.05) is 12.3 Å². The molecular weight excluding hydrogens is 347 g/mol. The first-order valence-electron chi connectivity index (χ1n) is 5.64. The van der Waals surface area contributed by atoms with Crippen LogP contribution in [-0.4, -0.2) is 37.0 Å². The summed E-state index contributed by atoms with van der Waals surface area (Å²) in [7, 11) is 0. The highest BCUT2D eigenvalue weighted by Crippen LogP contribution is 2.43. The van der Waals surface area contributed by atoms with Gasteiger partial charge < -0.3 is 20.5 Å². The Bertz CT molecular complexity index is 606. The minimum absolute atomic E-state index is 0.155. The van der Waals surface area contributed by atoms with E-state index in [1.165, 1.54) is 6.33 Å². The van der Waals surface area contributed by atoms with Gasteiger partial charge in [0.15, 0.2) is 0 Å². The molecule has 7 heteroatoms. The molecule has 4 N–H and O–H groups in total. The van der Waals surface area contributed by atoms with Crippen molar-refractivity contribution in [3.05, 3.63) is 16.1 Å². The number of aliphatic hydroxyl groups is 2. The number of aromatic nitrogens is 3. The minimum Gasteiger partial charge on any atom is -0.393 e. The van der Waals surface area contributed by atoms with Gasteiger partial charge >= 0.3 is 0 Å². The topological polar surface area (TPSA) is 97.2 Å². The molecule has 0 spiro atoms.